The molecule has 0 aliphatic carbocycles. The maximum absolute atomic E-state index is 12.7. The van der Waals surface area contributed by atoms with Crippen LogP contribution in [0.4, 0.5) is 0 Å². The van der Waals surface area contributed by atoms with Crippen molar-refractivity contribution in [3.63, 3.8) is 0 Å². The van der Waals surface area contributed by atoms with Crippen molar-refractivity contribution < 1.29 is 9.59 Å². The minimum Gasteiger partial charge on any atom is -0.355 e. The highest BCUT2D eigenvalue weighted by molar-refractivity contribution is 7.81. The Bertz CT molecular complexity index is 742. The van der Waals surface area contributed by atoms with E-state index in [1.54, 1.807) is 28.9 Å². The molecule has 0 bridgehead atoms. The number of rotatable bonds is 13. The first-order valence-corrected chi connectivity index (χ1v) is 12.1. The van der Waals surface area contributed by atoms with Crippen LogP contribution in [-0.4, -0.2) is 34.0 Å². The lowest BCUT2D eigenvalue weighted by Crippen LogP contribution is -2.25. The van der Waals surface area contributed by atoms with Crippen LogP contribution >= 0.6 is 35.3 Å². The van der Waals surface area contributed by atoms with Gasteiger partial charge in [-0.1, -0.05) is 33.1 Å². The molecule has 0 fully saturated rings. The minimum atomic E-state index is -0.0217. The van der Waals surface area contributed by atoms with Gasteiger partial charge in [-0.05, 0) is 25.2 Å². The highest BCUT2D eigenvalue weighted by Crippen LogP contribution is 2.31. The summed E-state index contributed by atoms with van der Waals surface area (Å²) in [6.45, 7) is 5.03. The van der Waals surface area contributed by atoms with E-state index in [1.165, 1.54) is 0 Å². The summed E-state index contributed by atoms with van der Waals surface area (Å²) in [5, 5.41) is 6.50. The first kappa shape index (κ1) is 23.0. The van der Waals surface area contributed by atoms with Gasteiger partial charge in [0, 0.05) is 29.4 Å². The maximum atomic E-state index is 12.7. The predicted octanol–water partition coefficient (Wildman–Crippen LogP) is 5.03. The molecule has 154 valence electrons. The third-order valence-electron chi connectivity index (χ3n) is 4.22. The van der Waals surface area contributed by atoms with Crippen LogP contribution in [0.1, 0.15) is 67.7 Å². The molecule has 2 rings (SSSR count). The van der Waals surface area contributed by atoms with Crippen LogP contribution in [0.3, 0.4) is 0 Å². The Balaban J connectivity index is 1.79. The van der Waals surface area contributed by atoms with Gasteiger partial charge in [0.25, 0.3) is 0 Å². The van der Waals surface area contributed by atoms with E-state index in [0.717, 1.165) is 53.4 Å². The van der Waals surface area contributed by atoms with Gasteiger partial charge in [0.05, 0.1) is 5.75 Å². The molecule has 0 saturated carbocycles. The van der Waals surface area contributed by atoms with Gasteiger partial charge in [-0.2, -0.15) is 12.6 Å². The molecule has 2 heterocycles. The molecule has 0 aliphatic rings. The number of carbonyl (C=O) groups is 2. The molecule has 8 heteroatoms. The van der Waals surface area contributed by atoms with Crippen molar-refractivity contribution in [2.75, 3.05) is 12.3 Å². The van der Waals surface area contributed by atoms with Crippen LogP contribution in [0.2, 0.25) is 0 Å². The molecule has 1 amide bonds. The highest BCUT2D eigenvalue weighted by atomic mass is 32.1. The second kappa shape index (κ2) is 12.3. The molecule has 0 radical (unpaired) electrons. The monoisotopic (exact) mass is 439 g/mol. The summed E-state index contributed by atoms with van der Waals surface area (Å²) >= 11 is 7.09. The Labute approximate surface area is 180 Å². The van der Waals surface area contributed by atoms with Crippen molar-refractivity contribution in [2.45, 2.75) is 58.8 Å². The molecule has 0 unspecified atom stereocenters. The van der Waals surface area contributed by atoms with Crippen LogP contribution in [0, 0.1) is 5.92 Å². The number of ketones is 1. The fraction of sp³-hybridized carbons (Fsp3) is 0.600. The maximum Gasteiger partial charge on any atom is 0.229 e. The number of nitrogens with zero attached hydrogens (tertiary/aromatic N) is 2. The van der Waals surface area contributed by atoms with Crippen molar-refractivity contribution in [1.29, 1.82) is 0 Å². The molecule has 0 saturated heterocycles. The van der Waals surface area contributed by atoms with Crippen molar-refractivity contribution in [3.8, 4) is 10.0 Å². The van der Waals surface area contributed by atoms with Gasteiger partial charge in [0.15, 0.2) is 15.8 Å². The van der Waals surface area contributed by atoms with Gasteiger partial charge >= 0.3 is 0 Å². The summed E-state index contributed by atoms with van der Waals surface area (Å²) in [4.78, 5) is 33.9. The smallest absolute Gasteiger partial charge is 0.229 e. The number of unbranched alkanes of at least 4 members (excludes halogenated alkanes) is 4. The second-order valence-electron chi connectivity index (χ2n) is 7.18. The molecule has 2 aromatic heterocycles. The summed E-state index contributed by atoms with van der Waals surface area (Å²) in [6.07, 6.45) is 8.20. The molecule has 5 nitrogen and oxygen atoms in total. The van der Waals surface area contributed by atoms with Crippen molar-refractivity contribution in [1.82, 2.24) is 15.3 Å². The zero-order valence-electron chi connectivity index (χ0n) is 16.6. The Hall–Kier alpha value is -1.25. The van der Waals surface area contributed by atoms with Crippen LogP contribution in [0.15, 0.2) is 11.6 Å². The Kier molecular flexibility index (Phi) is 10.2. The van der Waals surface area contributed by atoms with Crippen LogP contribution in [0.5, 0.6) is 0 Å². The van der Waals surface area contributed by atoms with Crippen LogP contribution in [-0.2, 0) is 11.2 Å². The fourth-order valence-electron chi connectivity index (χ4n) is 2.84. The standard InChI is InChI=1S/C20H29N3O2S3/c1-14(2)12-16-18(23-20(28-16)19-22-10-11-27-19)15(24)8-6-4-3-5-7-9-21-17(25)13-26/h10-11,14,26H,3-9,12-13H2,1-2H3,(H,21,25). The van der Waals surface area contributed by atoms with Gasteiger partial charge in [0.1, 0.15) is 5.69 Å². The van der Waals surface area contributed by atoms with E-state index in [0.29, 0.717) is 24.6 Å². The SMILES string of the molecule is CC(C)Cc1sc(-c2nccs2)nc1C(=O)CCCCCCCNC(=O)CS. The Morgan fingerprint density at radius 2 is 1.89 bits per heavy atom. The number of amides is 1. The van der Waals surface area contributed by atoms with Gasteiger partial charge in [-0.25, -0.2) is 9.97 Å². The fourth-order valence-corrected chi connectivity index (χ4v) is 4.93. The third-order valence-corrected chi connectivity index (χ3v) is 6.50. The van der Waals surface area contributed by atoms with Crippen molar-refractivity contribution in [2.24, 2.45) is 5.92 Å². The topological polar surface area (TPSA) is 72.0 Å². The van der Waals surface area contributed by atoms with Gasteiger partial charge < -0.3 is 5.32 Å². The third kappa shape index (κ3) is 7.64. The van der Waals surface area contributed by atoms with E-state index in [4.69, 9.17) is 0 Å². The number of carbonyl (C=O) groups excluding carboxylic acids is 2. The van der Waals surface area contributed by atoms with Gasteiger partial charge in [-0.15, -0.1) is 22.7 Å². The summed E-state index contributed by atoms with van der Waals surface area (Å²) in [6, 6.07) is 0. The van der Waals surface area contributed by atoms with E-state index in [2.05, 4.69) is 41.8 Å². The van der Waals surface area contributed by atoms with E-state index < -0.39 is 0 Å². The minimum absolute atomic E-state index is 0.0217. The van der Waals surface area contributed by atoms with Gasteiger partial charge in [-0.3, -0.25) is 9.59 Å². The number of thiazole rings is 2. The summed E-state index contributed by atoms with van der Waals surface area (Å²) in [5.74, 6) is 0.850. The molecule has 0 atom stereocenters. The molecular weight excluding hydrogens is 410 g/mol. The van der Waals surface area contributed by atoms with E-state index in [9.17, 15) is 9.59 Å². The van der Waals surface area contributed by atoms with Crippen LogP contribution < -0.4 is 5.32 Å². The molecule has 1 N–H and O–H groups in total. The van der Waals surface area contributed by atoms with E-state index >= 15 is 0 Å². The molecule has 0 aromatic carbocycles. The van der Waals surface area contributed by atoms with E-state index in [-0.39, 0.29) is 17.4 Å². The van der Waals surface area contributed by atoms with Crippen molar-refractivity contribution in [3.05, 3.63) is 22.1 Å². The molecule has 2 aromatic rings. The zero-order chi connectivity index (χ0) is 20.4. The number of nitrogens with one attached hydrogen (secondary N) is 1. The average Bonchev–Trinajstić information content (AvgIpc) is 3.32. The number of thiol groups is 1. The summed E-state index contributed by atoms with van der Waals surface area (Å²) in [5.41, 5.74) is 0.651. The lowest BCUT2D eigenvalue weighted by Gasteiger charge is -2.05. The Morgan fingerprint density at radius 1 is 1.14 bits per heavy atom. The van der Waals surface area contributed by atoms with Crippen molar-refractivity contribution >= 4 is 47.0 Å². The lowest BCUT2D eigenvalue weighted by atomic mass is 10.0. The first-order chi connectivity index (χ1) is 13.5. The van der Waals surface area contributed by atoms with E-state index in [1.807, 2.05) is 5.38 Å². The normalized spacial score (nSPS) is 11.1. The van der Waals surface area contributed by atoms with Crippen LogP contribution in [0.25, 0.3) is 10.0 Å². The lowest BCUT2D eigenvalue weighted by molar-refractivity contribution is -0.118. The molecule has 28 heavy (non-hydrogen) atoms. The molecule has 0 aliphatic heterocycles. The van der Waals surface area contributed by atoms with Gasteiger partial charge in [0.2, 0.25) is 5.91 Å². The highest BCUT2D eigenvalue weighted by Gasteiger charge is 2.20. The number of aromatic nitrogens is 2. The average molecular weight is 440 g/mol. The summed E-state index contributed by atoms with van der Waals surface area (Å²) in [7, 11) is 0. The summed E-state index contributed by atoms with van der Waals surface area (Å²) < 4.78 is 0. The molecular formula is C20H29N3O2S3. The zero-order valence-corrected chi connectivity index (χ0v) is 19.1. The molecule has 0 spiro atoms. The largest absolute Gasteiger partial charge is 0.355 e. The first-order valence-electron chi connectivity index (χ1n) is 9.81. The quantitative estimate of drug-likeness (QED) is 0.261. The predicted molar refractivity (Wildman–Crippen MR) is 121 cm³/mol. The number of Topliss-reactive ketones (excluding diaryl/α,β-unsaturated/α-hetero) is 1. The number of hydrogen-bond acceptors (Lipinski definition) is 7. The second-order valence-corrected chi connectivity index (χ2v) is 9.47. The Morgan fingerprint density at radius 3 is 2.57 bits per heavy atom. The number of hydrogen-bond donors (Lipinski definition) is 2.